The van der Waals surface area contributed by atoms with E-state index < -0.39 is 15.1 Å². The van der Waals surface area contributed by atoms with Gasteiger partial charge in [-0.1, -0.05) is 19.4 Å². The minimum atomic E-state index is -9.61. The van der Waals surface area contributed by atoms with Crippen molar-refractivity contribution >= 4 is 34.2 Å². The Balaban J connectivity index is 2.34. The van der Waals surface area contributed by atoms with Crippen LogP contribution in [0.25, 0.3) is 0 Å². The molecule has 0 aliphatic heterocycles. The second-order valence-corrected chi connectivity index (χ2v) is 7.46. The van der Waals surface area contributed by atoms with Gasteiger partial charge in [-0.25, -0.2) is 0 Å². The van der Waals surface area contributed by atoms with Gasteiger partial charge in [0, 0.05) is 23.3 Å². The van der Waals surface area contributed by atoms with E-state index in [0.717, 1.165) is 17.0 Å². The Morgan fingerprint density at radius 1 is 0.762 bits per heavy atom. The lowest BCUT2D eigenvalue weighted by Crippen LogP contribution is -2.10. The Bertz CT molecular complexity index is 650. The SMILES string of the molecule is CN(c1ccc(S)cc1)c1ccc(S(F)(F)(F)(F)F)cc1. The van der Waals surface area contributed by atoms with E-state index in [1.807, 2.05) is 0 Å². The molecule has 0 bridgehead atoms. The summed E-state index contributed by atoms with van der Waals surface area (Å²) >= 11 is 4.13. The van der Waals surface area contributed by atoms with E-state index in [4.69, 9.17) is 0 Å². The fourth-order valence-corrected chi connectivity index (χ4v) is 2.55. The molecule has 1 nitrogen and oxygen atoms in total. The fraction of sp³-hybridized carbons (Fsp3) is 0.0769. The third kappa shape index (κ3) is 3.82. The van der Waals surface area contributed by atoms with Gasteiger partial charge in [0.15, 0.2) is 0 Å². The van der Waals surface area contributed by atoms with E-state index in [2.05, 4.69) is 12.6 Å². The first-order valence-electron chi connectivity index (χ1n) is 5.74. The van der Waals surface area contributed by atoms with Crippen LogP contribution < -0.4 is 4.90 Å². The zero-order valence-electron chi connectivity index (χ0n) is 10.8. The van der Waals surface area contributed by atoms with Gasteiger partial charge >= 0.3 is 10.2 Å². The largest absolute Gasteiger partial charge is 0.345 e. The first-order valence-corrected chi connectivity index (χ1v) is 8.13. The Morgan fingerprint density at radius 3 is 1.52 bits per heavy atom. The number of hydrogen-bond donors (Lipinski definition) is 1. The molecule has 8 heteroatoms. The predicted octanol–water partition coefficient (Wildman–Crippen LogP) is 6.40. The lowest BCUT2D eigenvalue weighted by Gasteiger charge is -2.40. The average molecular weight is 341 g/mol. The minimum absolute atomic E-state index is 0.368. The molecule has 0 atom stereocenters. The highest BCUT2D eigenvalue weighted by Crippen LogP contribution is 3.02. The van der Waals surface area contributed by atoms with Crippen molar-refractivity contribution in [1.82, 2.24) is 0 Å². The van der Waals surface area contributed by atoms with Gasteiger partial charge in [0.05, 0.1) is 0 Å². The van der Waals surface area contributed by atoms with Crippen molar-refractivity contribution in [3.8, 4) is 0 Å². The molecular formula is C13H12F5NS2. The van der Waals surface area contributed by atoms with Crippen LogP contribution in [0.1, 0.15) is 0 Å². The molecule has 2 rings (SSSR count). The van der Waals surface area contributed by atoms with Crippen molar-refractivity contribution in [1.29, 1.82) is 0 Å². The van der Waals surface area contributed by atoms with Crippen molar-refractivity contribution in [2.75, 3.05) is 11.9 Å². The number of hydrogen-bond acceptors (Lipinski definition) is 2. The first kappa shape index (κ1) is 16.0. The Labute approximate surface area is 124 Å². The molecule has 0 amide bonds. The molecule has 116 valence electrons. The molecule has 0 saturated carbocycles. The summed E-state index contributed by atoms with van der Waals surface area (Å²) in [5.41, 5.74) is 1.07. The van der Waals surface area contributed by atoms with E-state index in [1.165, 1.54) is 0 Å². The summed E-state index contributed by atoms with van der Waals surface area (Å²) < 4.78 is 63.1. The van der Waals surface area contributed by atoms with Crippen LogP contribution in [0.4, 0.5) is 30.8 Å². The van der Waals surface area contributed by atoms with E-state index in [1.54, 1.807) is 36.2 Å². The molecule has 0 aliphatic rings. The molecular weight excluding hydrogens is 329 g/mol. The van der Waals surface area contributed by atoms with Crippen LogP contribution in [0.15, 0.2) is 58.3 Å². The summed E-state index contributed by atoms with van der Waals surface area (Å²) in [5, 5.41) is 0. The molecule has 0 N–H and O–H groups in total. The van der Waals surface area contributed by atoms with E-state index in [9.17, 15) is 19.4 Å². The van der Waals surface area contributed by atoms with E-state index in [-0.39, 0.29) is 0 Å². The Morgan fingerprint density at radius 2 is 1.14 bits per heavy atom. The Kier molecular flexibility index (Phi) is 3.27. The van der Waals surface area contributed by atoms with Crippen LogP contribution in [0.3, 0.4) is 0 Å². The topological polar surface area (TPSA) is 3.24 Å². The summed E-state index contributed by atoms with van der Waals surface area (Å²) in [5.74, 6) is 0. The number of anilines is 2. The molecule has 2 aromatic carbocycles. The number of halogens is 5. The molecule has 0 aromatic heterocycles. The van der Waals surface area contributed by atoms with Crippen LogP contribution in [0, 0.1) is 0 Å². The van der Waals surface area contributed by atoms with Gasteiger partial charge in [-0.3, -0.25) is 0 Å². The summed E-state index contributed by atoms with van der Waals surface area (Å²) in [6.45, 7) is 0. The van der Waals surface area contributed by atoms with Crippen molar-refractivity contribution in [2.45, 2.75) is 9.79 Å². The third-order valence-electron chi connectivity index (χ3n) is 2.91. The summed E-state index contributed by atoms with van der Waals surface area (Å²) in [4.78, 5) is 0.434. The highest BCUT2D eigenvalue weighted by atomic mass is 32.5. The molecule has 0 radical (unpaired) electrons. The van der Waals surface area contributed by atoms with Crippen LogP contribution in [-0.4, -0.2) is 7.05 Å². The number of rotatable bonds is 3. The first-order chi connectivity index (χ1) is 9.36. The molecule has 0 saturated heterocycles. The quantitative estimate of drug-likeness (QED) is 0.499. The Hall–Kier alpha value is -1.41. The van der Waals surface area contributed by atoms with Gasteiger partial charge in [0.2, 0.25) is 0 Å². The van der Waals surface area contributed by atoms with Gasteiger partial charge in [0.1, 0.15) is 4.90 Å². The van der Waals surface area contributed by atoms with Gasteiger partial charge in [-0.15, -0.1) is 12.6 Å². The zero-order valence-corrected chi connectivity index (χ0v) is 12.5. The van der Waals surface area contributed by atoms with Crippen LogP contribution in [0.2, 0.25) is 0 Å². The maximum Gasteiger partial charge on any atom is 0.310 e. The van der Waals surface area contributed by atoms with Gasteiger partial charge in [-0.05, 0) is 48.5 Å². The summed E-state index contributed by atoms with van der Waals surface area (Å²) in [6.07, 6.45) is 0. The minimum Gasteiger partial charge on any atom is -0.345 e. The summed E-state index contributed by atoms with van der Waals surface area (Å²) in [6, 6.07) is 9.72. The van der Waals surface area contributed by atoms with Gasteiger partial charge in [-0.2, -0.15) is 0 Å². The zero-order chi connectivity index (χ0) is 16.0. The number of nitrogens with zero attached hydrogens (tertiary/aromatic N) is 1. The van der Waals surface area contributed by atoms with E-state index in [0.29, 0.717) is 23.5 Å². The monoisotopic (exact) mass is 341 g/mol. The van der Waals surface area contributed by atoms with Gasteiger partial charge < -0.3 is 4.90 Å². The molecule has 0 spiro atoms. The van der Waals surface area contributed by atoms with Crippen LogP contribution in [-0.2, 0) is 0 Å². The highest BCUT2D eigenvalue weighted by Gasteiger charge is 2.65. The van der Waals surface area contributed by atoms with E-state index >= 15 is 0 Å². The number of thiol groups is 1. The van der Waals surface area contributed by atoms with Crippen LogP contribution in [0.5, 0.6) is 0 Å². The smallest absolute Gasteiger partial charge is 0.310 e. The second kappa shape index (κ2) is 4.30. The lowest BCUT2D eigenvalue weighted by atomic mass is 10.2. The molecule has 0 unspecified atom stereocenters. The van der Waals surface area contributed by atoms with Crippen molar-refractivity contribution in [3.05, 3.63) is 48.5 Å². The van der Waals surface area contributed by atoms with Crippen molar-refractivity contribution < 1.29 is 19.4 Å². The molecule has 0 aliphatic carbocycles. The maximum absolute atomic E-state index is 12.6. The molecule has 0 fully saturated rings. The van der Waals surface area contributed by atoms with Crippen molar-refractivity contribution in [2.24, 2.45) is 0 Å². The lowest BCUT2D eigenvalue weighted by molar-refractivity contribution is 0.364. The predicted molar refractivity (Wildman–Crippen MR) is 79.6 cm³/mol. The van der Waals surface area contributed by atoms with Gasteiger partial charge in [0.25, 0.3) is 0 Å². The maximum atomic E-state index is 12.6. The third-order valence-corrected chi connectivity index (χ3v) is 4.37. The fourth-order valence-electron chi connectivity index (χ4n) is 1.75. The molecule has 21 heavy (non-hydrogen) atoms. The molecule has 2 aromatic rings. The van der Waals surface area contributed by atoms with Crippen molar-refractivity contribution in [3.63, 3.8) is 0 Å². The number of benzene rings is 2. The second-order valence-electron chi connectivity index (χ2n) is 4.54. The summed E-state index contributed by atoms with van der Waals surface area (Å²) in [7, 11) is -7.98. The standard InChI is InChI=1S/C13H12F5NS2/c1-19(10-2-6-12(20)7-3-10)11-4-8-13(9-5-11)21(14,15,16,17)18/h2-9,20H,1H3. The highest BCUT2D eigenvalue weighted by molar-refractivity contribution is 8.45. The normalized spacial score (nSPS) is 15.2. The average Bonchev–Trinajstić information content (AvgIpc) is 2.36. The molecule has 0 heterocycles. The van der Waals surface area contributed by atoms with Crippen LogP contribution >= 0.6 is 22.9 Å².